The molecule has 0 radical (unpaired) electrons. The van der Waals surface area contributed by atoms with E-state index in [0.717, 1.165) is 17.8 Å². The number of aromatic amines is 1. The summed E-state index contributed by atoms with van der Waals surface area (Å²) in [5.74, 6) is -0.255. The van der Waals surface area contributed by atoms with Gasteiger partial charge in [0.05, 0.1) is 16.6 Å². The number of rotatable bonds is 3. The normalized spacial score (nSPS) is 11.9. The van der Waals surface area contributed by atoms with Crippen molar-refractivity contribution in [1.29, 1.82) is 0 Å². The van der Waals surface area contributed by atoms with Crippen molar-refractivity contribution in [1.82, 2.24) is 19.4 Å². The number of H-pyrrole nitrogens is 1. The van der Waals surface area contributed by atoms with Crippen molar-refractivity contribution in [3.63, 3.8) is 0 Å². The number of imidazole rings is 2. The lowest BCUT2D eigenvalue weighted by Crippen LogP contribution is -2.13. The predicted octanol–water partition coefficient (Wildman–Crippen LogP) is 6.11. The standard InChI is InChI=1S/C23H15ClF3N5O/c1-12-3-2-4-20-28-19(11-32(12)20)21(33)31-22-29-17-8-5-13(9-18(17)30-22)15-10-14(23(25,26)27)6-7-16(15)24/h2-11H,1H3,(H2,29,30,31,33). The number of anilines is 1. The summed E-state index contributed by atoms with van der Waals surface area (Å²) in [7, 11) is 0. The number of carbonyl (C=O) groups is 1. The fourth-order valence-electron chi connectivity index (χ4n) is 3.58. The molecule has 0 saturated carbocycles. The second-order valence-electron chi connectivity index (χ2n) is 7.49. The molecule has 0 saturated heterocycles. The smallest absolute Gasteiger partial charge is 0.324 e. The van der Waals surface area contributed by atoms with E-state index in [-0.39, 0.29) is 22.2 Å². The zero-order valence-electron chi connectivity index (χ0n) is 17.0. The maximum atomic E-state index is 13.1. The van der Waals surface area contributed by atoms with E-state index in [2.05, 4.69) is 20.3 Å². The molecule has 10 heteroatoms. The molecule has 5 rings (SSSR count). The van der Waals surface area contributed by atoms with Crippen molar-refractivity contribution in [2.45, 2.75) is 13.1 Å². The number of carbonyl (C=O) groups excluding carboxylic acids is 1. The first-order valence-corrected chi connectivity index (χ1v) is 10.2. The second-order valence-corrected chi connectivity index (χ2v) is 7.89. The van der Waals surface area contributed by atoms with Crippen LogP contribution in [0.2, 0.25) is 5.02 Å². The Bertz CT molecular complexity index is 1540. The molecule has 0 bridgehead atoms. The summed E-state index contributed by atoms with van der Waals surface area (Å²) in [5, 5.41) is 2.86. The molecule has 3 heterocycles. The van der Waals surface area contributed by atoms with E-state index < -0.39 is 17.6 Å². The Balaban J connectivity index is 1.45. The van der Waals surface area contributed by atoms with Gasteiger partial charge in [0.25, 0.3) is 5.91 Å². The van der Waals surface area contributed by atoms with E-state index in [1.807, 2.05) is 19.1 Å². The maximum Gasteiger partial charge on any atom is 0.416 e. The molecule has 6 nitrogen and oxygen atoms in total. The predicted molar refractivity (Wildman–Crippen MR) is 119 cm³/mol. The van der Waals surface area contributed by atoms with Gasteiger partial charge in [-0.2, -0.15) is 13.2 Å². The van der Waals surface area contributed by atoms with E-state index in [1.54, 1.807) is 34.9 Å². The van der Waals surface area contributed by atoms with Gasteiger partial charge < -0.3 is 9.38 Å². The minimum atomic E-state index is -4.48. The molecule has 166 valence electrons. The number of nitrogens with zero attached hydrogens (tertiary/aromatic N) is 3. The van der Waals surface area contributed by atoms with Gasteiger partial charge in [-0.3, -0.25) is 10.1 Å². The van der Waals surface area contributed by atoms with Gasteiger partial charge in [0.1, 0.15) is 11.3 Å². The molecule has 0 atom stereocenters. The summed E-state index contributed by atoms with van der Waals surface area (Å²) in [4.78, 5) is 24.3. The lowest BCUT2D eigenvalue weighted by atomic mass is 10.0. The SMILES string of the molecule is Cc1cccc2nc(C(=O)Nc3nc4cc(-c5cc(C(F)(F)F)ccc5Cl)ccc4[nH]3)cn12. The second kappa shape index (κ2) is 7.63. The molecule has 0 unspecified atom stereocenters. The molecular weight excluding hydrogens is 455 g/mol. The maximum absolute atomic E-state index is 13.1. The van der Waals surface area contributed by atoms with Gasteiger partial charge in [0.2, 0.25) is 5.95 Å². The number of amides is 1. The Kier molecular flexibility index (Phi) is 4.86. The Morgan fingerprint density at radius 2 is 1.91 bits per heavy atom. The molecule has 3 aromatic heterocycles. The number of alkyl halides is 3. The molecule has 2 aromatic carbocycles. The fourth-order valence-corrected chi connectivity index (χ4v) is 3.81. The van der Waals surface area contributed by atoms with Gasteiger partial charge >= 0.3 is 6.18 Å². The molecule has 0 spiro atoms. The summed E-state index contributed by atoms with van der Waals surface area (Å²) < 4.78 is 41.2. The van der Waals surface area contributed by atoms with Crippen LogP contribution >= 0.6 is 11.6 Å². The van der Waals surface area contributed by atoms with Gasteiger partial charge in [0, 0.05) is 22.5 Å². The van der Waals surface area contributed by atoms with E-state index >= 15 is 0 Å². The minimum absolute atomic E-state index is 0.188. The number of hydrogen-bond acceptors (Lipinski definition) is 3. The first-order chi connectivity index (χ1) is 15.7. The fraction of sp³-hybridized carbons (Fsp3) is 0.0870. The van der Waals surface area contributed by atoms with Gasteiger partial charge in [-0.15, -0.1) is 0 Å². The zero-order chi connectivity index (χ0) is 23.3. The third kappa shape index (κ3) is 3.91. The van der Waals surface area contributed by atoms with Crippen molar-refractivity contribution in [3.8, 4) is 11.1 Å². The van der Waals surface area contributed by atoms with Crippen molar-refractivity contribution < 1.29 is 18.0 Å². The summed E-state index contributed by atoms with van der Waals surface area (Å²) in [6, 6.07) is 13.6. The van der Waals surface area contributed by atoms with Gasteiger partial charge in [-0.05, 0) is 55.0 Å². The van der Waals surface area contributed by atoms with Crippen LogP contribution in [0.25, 0.3) is 27.8 Å². The van der Waals surface area contributed by atoms with Crippen LogP contribution in [0.3, 0.4) is 0 Å². The van der Waals surface area contributed by atoms with Crippen LogP contribution in [0.1, 0.15) is 21.7 Å². The lowest BCUT2D eigenvalue weighted by Gasteiger charge is -2.10. The number of halogens is 4. The third-order valence-electron chi connectivity index (χ3n) is 5.25. The summed E-state index contributed by atoms with van der Waals surface area (Å²) in [5.41, 5.74) is 2.78. The van der Waals surface area contributed by atoms with E-state index in [4.69, 9.17) is 11.6 Å². The highest BCUT2D eigenvalue weighted by Gasteiger charge is 2.31. The Morgan fingerprint density at radius 3 is 2.67 bits per heavy atom. The minimum Gasteiger partial charge on any atom is -0.324 e. The Morgan fingerprint density at radius 1 is 1.09 bits per heavy atom. The first-order valence-electron chi connectivity index (χ1n) is 9.82. The first kappa shape index (κ1) is 21.0. The number of aromatic nitrogens is 4. The Hall–Kier alpha value is -3.85. The average Bonchev–Trinajstić information content (AvgIpc) is 3.37. The number of benzene rings is 2. The monoisotopic (exact) mass is 469 g/mol. The molecule has 0 fully saturated rings. The van der Waals surface area contributed by atoms with Crippen molar-refractivity contribution in [2.75, 3.05) is 5.32 Å². The molecule has 33 heavy (non-hydrogen) atoms. The topological polar surface area (TPSA) is 75.1 Å². The average molecular weight is 470 g/mol. The molecule has 1 amide bonds. The quantitative estimate of drug-likeness (QED) is 0.335. The van der Waals surface area contributed by atoms with Crippen LogP contribution in [0.15, 0.2) is 60.8 Å². The number of nitrogens with one attached hydrogen (secondary N) is 2. The van der Waals surface area contributed by atoms with Crippen LogP contribution in [-0.2, 0) is 6.18 Å². The van der Waals surface area contributed by atoms with E-state index in [1.165, 1.54) is 6.07 Å². The summed E-state index contributed by atoms with van der Waals surface area (Å²) in [6.07, 6.45) is -2.85. The summed E-state index contributed by atoms with van der Waals surface area (Å²) >= 11 is 6.16. The number of pyridine rings is 1. The summed E-state index contributed by atoms with van der Waals surface area (Å²) in [6.45, 7) is 1.91. The molecule has 0 aliphatic rings. The van der Waals surface area contributed by atoms with E-state index in [0.29, 0.717) is 22.2 Å². The zero-order valence-corrected chi connectivity index (χ0v) is 17.8. The highest BCUT2D eigenvalue weighted by atomic mass is 35.5. The van der Waals surface area contributed by atoms with Gasteiger partial charge in [-0.1, -0.05) is 23.7 Å². The van der Waals surface area contributed by atoms with Crippen molar-refractivity contribution in [3.05, 3.63) is 82.8 Å². The van der Waals surface area contributed by atoms with Crippen molar-refractivity contribution >= 4 is 40.1 Å². The number of aryl methyl sites for hydroxylation is 1. The Labute approximate surface area is 190 Å². The highest BCUT2D eigenvalue weighted by molar-refractivity contribution is 6.33. The molecule has 2 N–H and O–H groups in total. The van der Waals surface area contributed by atoms with Gasteiger partial charge in [-0.25, -0.2) is 9.97 Å². The number of hydrogen-bond donors (Lipinski definition) is 2. The highest BCUT2D eigenvalue weighted by Crippen LogP contribution is 2.36. The van der Waals surface area contributed by atoms with E-state index in [9.17, 15) is 18.0 Å². The van der Waals surface area contributed by atoms with Crippen LogP contribution in [0.4, 0.5) is 19.1 Å². The molecule has 0 aliphatic heterocycles. The molecular formula is C23H15ClF3N5O. The van der Waals surface area contributed by atoms with Crippen LogP contribution in [0, 0.1) is 6.92 Å². The lowest BCUT2D eigenvalue weighted by molar-refractivity contribution is -0.137. The van der Waals surface area contributed by atoms with Crippen LogP contribution in [0.5, 0.6) is 0 Å². The van der Waals surface area contributed by atoms with Crippen LogP contribution < -0.4 is 5.32 Å². The third-order valence-corrected chi connectivity index (χ3v) is 5.58. The number of fused-ring (bicyclic) bond motifs is 2. The molecule has 5 aromatic rings. The molecule has 0 aliphatic carbocycles. The largest absolute Gasteiger partial charge is 0.416 e. The van der Waals surface area contributed by atoms with Crippen LogP contribution in [-0.4, -0.2) is 25.3 Å². The van der Waals surface area contributed by atoms with Crippen molar-refractivity contribution in [2.24, 2.45) is 0 Å². The van der Waals surface area contributed by atoms with Gasteiger partial charge in [0.15, 0.2) is 0 Å².